The first-order chi connectivity index (χ1) is 12.8. The van der Waals surface area contributed by atoms with E-state index in [-0.39, 0.29) is 11.5 Å². The molecule has 2 aromatic carbocycles. The van der Waals surface area contributed by atoms with Gasteiger partial charge in [-0.3, -0.25) is 9.59 Å². The average molecular weight is 372 g/mol. The van der Waals surface area contributed by atoms with Crippen LogP contribution in [0.25, 0.3) is 0 Å². The molecule has 0 spiro atoms. The Morgan fingerprint density at radius 2 is 1.67 bits per heavy atom. The summed E-state index contributed by atoms with van der Waals surface area (Å²) in [5.41, 5.74) is 0.717. The maximum atomic E-state index is 13.4. The number of carbonyl (C=O) groups is 2. The van der Waals surface area contributed by atoms with Gasteiger partial charge in [0.2, 0.25) is 0 Å². The number of benzene rings is 2. The molecule has 3 rings (SSSR count). The SMILES string of the molecule is CC1CC(C)CN(C(=O)c2ccccc2NC(=O)c2ccc(F)c(F)c2)C1. The highest BCUT2D eigenvalue weighted by Crippen LogP contribution is 2.25. The molecule has 2 atom stereocenters. The zero-order valence-corrected chi connectivity index (χ0v) is 15.3. The Morgan fingerprint density at radius 1 is 1.00 bits per heavy atom. The van der Waals surface area contributed by atoms with Crippen molar-refractivity contribution in [3.63, 3.8) is 0 Å². The predicted molar refractivity (Wildman–Crippen MR) is 99.6 cm³/mol. The lowest BCUT2D eigenvalue weighted by atomic mass is 9.91. The van der Waals surface area contributed by atoms with E-state index in [2.05, 4.69) is 19.2 Å². The van der Waals surface area contributed by atoms with Crippen LogP contribution >= 0.6 is 0 Å². The van der Waals surface area contributed by atoms with Gasteiger partial charge in [-0.15, -0.1) is 0 Å². The third-order valence-corrected chi connectivity index (χ3v) is 4.74. The van der Waals surface area contributed by atoms with Gasteiger partial charge in [0.15, 0.2) is 11.6 Å². The lowest BCUT2D eigenvalue weighted by molar-refractivity contribution is 0.0624. The molecule has 0 saturated carbocycles. The molecule has 1 heterocycles. The first-order valence-corrected chi connectivity index (χ1v) is 9.00. The molecular formula is C21H22F2N2O2. The van der Waals surface area contributed by atoms with E-state index >= 15 is 0 Å². The second-order valence-corrected chi connectivity index (χ2v) is 7.28. The number of nitrogens with one attached hydrogen (secondary N) is 1. The van der Waals surface area contributed by atoms with E-state index < -0.39 is 17.5 Å². The summed E-state index contributed by atoms with van der Waals surface area (Å²) in [7, 11) is 0. The first kappa shape index (κ1) is 19.0. The molecule has 1 aliphatic heterocycles. The lowest BCUT2D eigenvalue weighted by Crippen LogP contribution is -2.42. The standard InChI is InChI=1S/C21H22F2N2O2/c1-13-9-14(2)12-25(11-13)21(27)16-5-3-4-6-19(16)24-20(26)15-7-8-17(22)18(23)10-15/h3-8,10,13-14H,9,11-12H2,1-2H3,(H,24,26). The molecule has 0 aliphatic carbocycles. The number of anilines is 1. The first-order valence-electron chi connectivity index (χ1n) is 9.00. The summed E-state index contributed by atoms with van der Waals surface area (Å²) in [5, 5.41) is 2.64. The van der Waals surface area contributed by atoms with E-state index in [1.54, 1.807) is 29.2 Å². The maximum absolute atomic E-state index is 13.4. The van der Waals surface area contributed by atoms with E-state index in [1.807, 2.05) is 0 Å². The van der Waals surface area contributed by atoms with Gasteiger partial charge in [-0.05, 0) is 48.6 Å². The van der Waals surface area contributed by atoms with Gasteiger partial charge in [0.05, 0.1) is 11.3 Å². The molecule has 2 unspecified atom stereocenters. The molecule has 0 bridgehead atoms. The fourth-order valence-corrected chi connectivity index (χ4v) is 3.61. The van der Waals surface area contributed by atoms with Crippen molar-refractivity contribution in [1.82, 2.24) is 4.90 Å². The van der Waals surface area contributed by atoms with Crippen molar-refractivity contribution in [3.05, 3.63) is 65.2 Å². The number of likely N-dealkylation sites (tertiary alicyclic amines) is 1. The summed E-state index contributed by atoms with van der Waals surface area (Å²) in [6.45, 7) is 5.59. The molecule has 142 valence electrons. The van der Waals surface area contributed by atoms with Crippen molar-refractivity contribution in [3.8, 4) is 0 Å². The number of para-hydroxylation sites is 1. The van der Waals surface area contributed by atoms with Gasteiger partial charge in [0, 0.05) is 18.7 Å². The largest absolute Gasteiger partial charge is 0.338 e. The number of piperidine rings is 1. The number of hydrogen-bond donors (Lipinski definition) is 1. The molecule has 2 amide bonds. The molecule has 6 heteroatoms. The van der Waals surface area contributed by atoms with Crippen molar-refractivity contribution in [1.29, 1.82) is 0 Å². The Balaban J connectivity index is 1.82. The Bertz CT molecular complexity index is 859. The Morgan fingerprint density at radius 3 is 2.33 bits per heavy atom. The van der Waals surface area contributed by atoms with Crippen LogP contribution in [0.4, 0.5) is 14.5 Å². The Kier molecular flexibility index (Phi) is 5.54. The highest BCUT2D eigenvalue weighted by atomic mass is 19.2. The van der Waals surface area contributed by atoms with Crippen LogP contribution in [0.15, 0.2) is 42.5 Å². The Labute approximate surface area is 157 Å². The molecule has 27 heavy (non-hydrogen) atoms. The van der Waals surface area contributed by atoms with E-state index in [0.717, 1.165) is 18.6 Å². The van der Waals surface area contributed by atoms with Crippen molar-refractivity contribution in [2.45, 2.75) is 20.3 Å². The van der Waals surface area contributed by atoms with Gasteiger partial charge < -0.3 is 10.2 Å². The van der Waals surface area contributed by atoms with Gasteiger partial charge in [-0.1, -0.05) is 26.0 Å². The predicted octanol–water partition coefficient (Wildman–Crippen LogP) is 4.34. The summed E-state index contributed by atoms with van der Waals surface area (Å²) < 4.78 is 26.5. The number of carbonyl (C=O) groups excluding carboxylic acids is 2. The van der Waals surface area contributed by atoms with Crippen molar-refractivity contribution in [2.24, 2.45) is 11.8 Å². The van der Waals surface area contributed by atoms with Crippen LogP contribution in [0, 0.1) is 23.5 Å². The van der Waals surface area contributed by atoms with Crippen molar-refractivity contribution < 1.29 is 18.4 Å². The number of rotatable bonds is 3. The van der Waals surface area contributed by atoms with E-state index in [4.69, 9.17) is 0 Å². The number of hydrogen-bond acceptors (Lipinski definition) is 2. The third-order valence-electron chi connectivity index (χ3n) is 4.74. The van der Waals surface area contributed by atoms with E-state index in [1.165, 1.54) is 6.07 Å². The molecule has 1 saturated heterocycles. The minimum Gasteiger partial charge on any atom is -0.338 e. The second-order valence-electron chi connectivity index (χ2n) is 7.28. The maximum Gasteiger partial charge on any atom is 0.255 e. The Hall–Kier alpha value is -2.76. The molecule has 1 fully saturated rings. The van der Waals surface area contributed by atoms with Crippen LogP contribution in [0.2, 0.25) is 0 Å². The van der Waals surface area contributed by atoms with Crippen LogP contribution in [-0.2, 0) is 0 Å². The second kappa shape index (κ2) is 7.86. The minimum absolute atomic E-state index is 0.0173. The summed E-state index contributed by atoms with van der Waals surface area (Å²) in [6, 6.07) is 9.67. The number of nitrogens with zero attached hydrogens (tertiary/aromatic N) is 1. The molecule has 1 aliphatic rings. The minimum atomic E-state index is -1.09. The number of amides is 2. The average Bonchev–Trinajstić information content (AvgIpc) is 2.63. The van der Waals surface area contributed by atoms with Crippen LogP contribution in [0.5, 0.6) is 0 Å². The normalized spacial score (nSPS) is 19.6. The molecule has 0 aromatic heterocycles. The molecule has 1 N–H and O–H groups in total. The number of halogens is 2. The topological polar surface area (TPSA) is 49.4 Å². The summed E-state index contributed by atoms with van der Waals surface area (Å²) in [4.78, 5) is 27.2. The van der Waals surface area contributed by atoms with E-state index in [0.29, 0.717) is 36.2 Å². The monoisotopic (exact) mass is 372 g/mol. The van der Waals surface area contributed by atoms with Gasteiger partial charge >= 0.3 is 0 Å². The van der Waals surface area contributed by atoms with Crippen LogP contribution in [0.3, 0.4) is 0 Å². The highest BCUT2D eigenvalue weighted by molar-refractivity contribution is 6.09. The van der Waals surface area contributed by atoms with Crippen molar-refractivity contribution >= 4 is 17.5 Å². The summed E-state index contributed by atoms with van der Waals surface area (Å²) in [6.07, 6.45) is 1.08. The van der Waals surface area contributed by atoms with Gasteiger partial charge in [-0.25, -0.2) is 8.78 Å². The highest BCUT2D eigenvalue weighted by Gasteiger charge is 2.27. The smallest absolute Gasteiger partial charge is 0.255 e. The zero-order chi connectivity index (χ0) is 19.6. The summed E-state index contributed by atoms with van der Waals surface area (Å²) >= 11 is 0. The fourth-order valence-electron chi connectivity index (χ4n) is 3.61. The summed E-state index contributed by atoms with van der Waals surface area (Å²) in [5.74, 6) is -2.02. The van der Waals surface area contributed by atoms with E-state index in [9.17, 15) is 18.4 Å². The van der Waals surface area contributed by atoms with Crippen molar-refractivity contribution in [2.75, 3.05) is 18.4 Å². The fraction of sp³-hybridized carbons (Fsp3) is 0.333. The quantitative estimate of drug-likeness (QED) is 0.872. The van der Waals surface area contributed by atoms with Crippen LogP contribution in [-0.4, -0.2) is 29.8 Å². The van der Waals surface area contributed by atoms with Crippen LogP contribution < -0.4 is 5.32 Å². The lowest BCUT2D eigenvalue weighted by Gasteiger charge is -2.35. The third kappa shape index (κ3) is 4.32. The zero-order valence-electron chi connectivity index (χ0n) is 15.3. The molecular weight excluding hydrogens is 350 g/mol. The van der Waals surface area contributed by atoms with Gasteiger partial charge in [0.25, 0.3) is 11.8 Å². The molecule has 2 aromatic rings. The van der Waals surface area contributed by atoms with Crippen LogP contribution in [0.1, 0.15) is 41.0 Å². The molecule has 4 nitrogen and oxygen atoms in total. The van der Waals surface area contributed by atoms with Gasteiger partial charge in [0.1, 0.15) is 0 Å². The molecule has 0 radical (unpaired) electrons. The van der Waals surface area contributed by atoms with Gasteiger partial charge in [-0.2, -0.15) is 0 Å².